The minimum atomic E-state index is 0.0763. The molecule has 92 valence electrons. The zero-order valence-electron chi connectivity index (χ0n) is 9.81. The van der Waals surface area contributed by atoms with E-state index in [4.69, 9.17) is 10.8 Å². The molecule has 0 saturated heterocycles. The molecule has 0 aliphatic carbocycles. The Balaban J connectivity index is 2.31. The van der Waals surface area contributed by atoms with E-state index in [1.165, 1.54) is 0 Å². The quantitative estimate of drug-likeness (QED) is 0.610. The number of fused-ring (bicyclic) bond motifs is 1. The average molecular weight is 236 g/mol. The second kappa shape index (κ2) is 4.54. The van der Waals surface area contributed by atoms with Gasteiger partial charge in [-0.05, 0) is 12.8 Å². The highest BCUT2D eigenvalue weighted by Crippen LogP contribution is 2.20. The Labute approximate surface area is 98.5 Å². The maximum atomic E-state index is 9.10. The second-order valence-corrected chi connectivity index (χ2v) is 4.16. The SMILES string of the molecule is CC(CO)C(C)Nc1nc(N)nc2[nH]ncc12. The van der Waals surface area contributed by atoms with Crippen molar-refractivity contribution in [1.82, 2.24) is 20.2 Å². The molecule has 0 aliphatic rings. The number of aliphatic hydroxyl groups excluding tert-OH is 1. The monoisotopic (exact) mass is 236 g/mol. The van der Waals surface area contributed by atoms with E-state index in [1.807, 2.05) is 13.8 Å². The number of aromatic amines is 1. The number of H-pyrrole nitrogens is 1. The molecule has 0 amide bonds. The van der Waals surface area contributed by atoms with Gasteiger partial charge in [-0.3, -0.25) is 5.10 Å². The van der Waals surface area contributed by atoms with Gasteiger partial charge in [0.2, 0.25) is 5.95 Å². The van der Waals surface area contributed by atoms with Gasteiger partial charge in [0.25, 0.3) is 0 Å². The van der Waals surface area contributed by atoms with E-state index in [9.17, 15) is 0 Å². The Morgan fingerprint density at radius 2 is 2.24 bits per heavy atom. The summed E-state index contributed by atoms with van der Waals surface area (Å²) in [5.74, 6) is 0.940. The zero-order valence-corrected chi connectivity index (χ0v) is 9.81. The van der Waals surface area contributed by atoms with E-state index >= 15 is 0 Å². The van der Waals surface area contributed by atoms with Crippen molar-refractivity contribution in [2.45, 2.75) is 19.9 Å². The first-order valence-electron chi connectivity index (χ1n) is 5.45. The molecule has 0 aromatic carbocycles. The molecule has 0 spiro atoms. The molecule has 0 fully saturated rings. The second-order valence-electron chi connectivity index (χ2n) is 4.16. The third kappa shape index (κ3) is 2.28. The normalized spacial score (nSPS) is 14.8. The van der Waals surface area contributed by atoms with Crippen molar-refractivity contribution >= 4 is 22.8 Å². The first-order chi connectivity index (χ1) is 8.11. The molecule has 2 unspecified atom stereocenters. The van der Waals surface area contributed by atoms with Crippen LogP contribution in [0.2, 0.25) is 0 Å². The highest BCUT2D eigenvalue weighted by molar-refractivity contribution is 5.86. The van der Waals surface area contributed by atoms with Crippen LogP contribution < -0.4 is 11.1 Å². The van der Waals surface area contributed by atoms with Crippen molar-refractivity contribution in [3.63, 3.8) is 0 Å². The molecule has 0 aliphatic heterocycles. The van der Waals surface area contributed by atoms with Crippen molar-refractivity contribution in [3.05, 3.63) is 6.20 Å². The average Bonchev–Trinajstić information content (AvgIpc) is 2.75. The molecule has 2 atom stereocenters. The van der Waals surface area contributed by atoms with Crippen LogP contribution in [-0.2, 0) is 0 Å². The molecule has 2 rings (SSSR count). The van der Waals surface area contributed by atoms with E-state index in [2.05, 4.69) is 25.5 Å². The molecule has 0 saturated carbocycles. The van der Waals surface area contributed by atoms with Crippen molar-refractivity contribution in [2.75, 3.05) is 17.7 Å². The number of rotatable bonds is 4. The molecule has 5 N–H and O–H groups in total. The first-order valence-corrected chi connectivity index (χ1v) is 5.45. The summed E-state index contributed by atoms with van der Waals surface area (Å²) in [6.45, 7) is 4.04. The summed E-state index contributed by atoms with van der Waals surface area (Å²) in [6.07, 6.45) is 1.65. The molecule has 0 radical (unpaired) electrons. The van der Waals surface area contributed by atoms with Gasteiger partial charge < -0.3 is 16.2 Å². The molecular weight excluding hydrogens is 220 g/mol. The highest BCUT2D eigenvalue weighted by atomic mass is 16.3. The molecule has 7 nitrogen and oxygen atoms in total. The van der Waals surface area contributed by atoms with Crippen LogP contribution >= 0.6 is 0 Å². The fourth-order valence-electron chi connectivity index (χ4n) is 1.48. The minimum Gasteiger partial charge on any atom is -0.396 e. The van der Waals surface area contributed by atoms with E-state index in [1.54, 1.807) is 6.20 Å². The van der Waals surface area contributed by atoms with Crippen LogP contribution in [0.5, 0.6) is 0 Å². The number of aliphatic hydroxyl groups is 1. The lowest BCUT2D eigenvalue weighted by Crippen LogP contribution is -2.27. The van der Waals surface area contributed by atoms with Gasteiger partial charge in [0.05, 0.1) is 11.6 Å². The number of hydrogen-bond donors (Lipinski definition) is 4. The Kier molecular flexibility index (Phi) is 3.10. The Bertz CT molecular complexity index is 510. The topological polar surface area (TPSA) is 113 Å². The standard InChI is InChI=1S/C10H16N6O/c1-5(4-17)6(2)13-8-7-3-12-16-9(7)15-10(11)14-8/h3,5-6,17H,4H2,1-2H3,(H4,11,12,13,14,15,16). The molecule has 2 aromatic heterocycles. The van der Waals surface area contributed by atoms with Crippen molar-refractivity contribution in [3.8, 4) is 0 Å². The Hall–Kier alpha value is -1.89. The van der Waals surface area contributed by atoms with Crippen LogP contribution in [0.25, 0.3) is 11.0 Å². The third-order valence-corrected chi connectivity index (χ3v) is 2.83. The highest BCUT2D eigenvalue weighted by Gasteiger charge is 2.14. The maximum absolute atomic E-state index is 9.10. The number of hydrogen-bond acceptors (Lipinski definition) is 6. The fourth-order valence-corrected chi connectivity index (χ4v) is 1.48. The summed E-state index contributed by atoms with van der Waals surface area (Å²) >= 11 is 0. The van der Waals surface area contributed by atoms with Crippen molar-refractivity contribution in [1.29, 1.82) is 0 Å². The van der Waals surface area contributed by atoms with Gasteiger partial charge in [-0.15, -0.1) is 0 Å². The molecule has 17 heavy (non-hydrogen) atoms. The summed E-state index contributed by atoms with van der Waals surface area (Å²) in [4.78, 5) is 8.17. The number of nitrogens with zero attached hydrogens (tertiary/aromatic N) is 3. The lowest BCUT2D eigenvalue weighted by Gasteiger charge is -2.20. The predicted octanol–water partition coefficient (Wildman–Crippen LogP) is 0.364. The van der Waals surface area contributed by atoms with E-state index in [0.29, 0.717) is 11.5 Å². The van der Waals surface area contributed by atoms with Crippen LogP contribution in [0, 0.1) is 5.92 Å². The summed E-state index contributed by atoms with van der Waals surface area (Å²) < 4.78 is 0. The number of aromatic nitrogens is 4. The lowest BCUT2D eigenvalue weighted by molar-refractivity contribution is 0.226. The molecule has 0 bridgehead atoms. The summed E-state index contributed by atoms with van der Waals surface area (Å²) in [5.41, 5.74) is 6.21. The van der Waals surface area contributed by atoms with E-state index < -0.39 is 0 Å². The predicted molar refractivity (Wildman–Crippen MR) is 65.4 cm³/mol. The molecule has 2 aromatic rings. The van der Waals surface area contributed by atoms with Crippen LogP contribution in [0.3, 0.4) is 0 Å². The van der Waals surface area contributed by atoms with Crippen LogP contribution in [0.15, 0.2) is 6.20 Å². The number of anilines is 2. The number of nitrogen functional groups attached to an aromatic ring is 1. The van der Waals surface area contributed by atoms with Gasteiger partial charge in [0, 0.05) is 12.6 Å². The summed E-state index contributed by atoms with van der Waals surface area (Å²) in [5, 5.41) is 19.7. The van der Waals surface area contributed by atoms with Crippen LogP contribution in [0.4, 0.5) is 11.8 Å². The maximum Gasteiger partial charge on any atom is 0.224 e. The Morgan fingerprint density at radius 1 is 1.47 bits per heavy atom. The molecule has 7 heteroatoms. The smallest absolute Gasteiger partial charge is 0.224 e. The Morgan fingerprint density at radius 3 is 2.94 bits per heavy atom. The third-order valence-electron chi connectivity index (χ3n) is 2.83. The van der Waals surface area contributed by atoms with E-state index in [0.717, 1.165) is 5.39 Å². The van der Waals surface area contributed by atoms with Gasteiger partial charge in [-0.25, -0.2) is 0 Å². The van der Waals surface area contributed by atoms with Crippen LogP contribution in [0.1, 0.15) is 13.8 Å². The van der Waals surface area contributed by atoms with Crippen LogP contribution in [-0.4, -0.2) is 37.9 Å². The van der Waals surface area contributed by atoms with E-state index in [-0.39, 0.29) is 24.5 Å². The number of nitrogens with two attached hydrogens (primary N) is 1. The lowest BCUT2D eigenvalue weighted by atomic mass is 10.1. The molecule has 2 heterocycles. The summed E-state index contributed by atoms with van der Waals surface area (Å²) in [7, 11) is 0. The largest absolute Gasteiger partial charge is 0.396 e. The van der Waals surface area contributed by atoms with Gasteiger partial charge >= 0.3 is 0 Å². The van der Waals surface area contributed by atoms with Gasteiger partial charge in [0.15, 0.2) is 5.65 Å². The van der Waals surface area contributed by atoms with Crippen molar-refractivity contribution < 1.29 is 5.11 Å². The zero-order chi connectivity index (χ0) is 12.4. The fraction of sp³-hybridized carbons (Fsp3) is 0.500. The summed E-state index contributed by atoms with van der Waals surface area (Å²) in [6, 6.07) is 0.0763. The van der Waals surface area contributed by atoms with Gasteiger partial charge in [0.1, 0.15) is 5.82 Å². The minimum absolute atomic E-state index is 0.0763. The van der Waals surface area contributed by atoms with Crippen molar-refractivity contribution in [2.24, 2.45) is 5.92 Å². The number of nitrogens with one attached hydrogen (secondary N) is 2. The first kappa shape index (κ1) is 11.6. The van der Waals surface area contributed by atoms with Gasteiger partial charge in [-0.2, -0.15) is 15.1 Å². The van der Waals surface area contributed by atoms with Gasteiger partial charge in [-0.1, -0.05) is 6.92 Å². The molecular formula is C10H16N6O.